The molecule has 0 saturated carbocycles. The zero-order valence-electron chi connectivity index (χ0n) is 7.99. The highest BCUT2D eigenvalue weighted by molar-refractivity contribution is 7.81. The van der Waals surface area contributed by atoms with Crippen LogP contribution in [0.1, 0.15) is 32.1 Å². The molecule has 5 heteroatoms. The van der Waals surface area contributed by atoms with Crippen molar-refractivity contribution in [2.75, 3.05) is 13.7 Å². The zero-order chi connectivity index (χ0) is 10.2. The average molecular weight is 209 g/mol. The van der Waals surface area contributed by atoms with E-state index in [1.165, 1.54) is 0 Å². The van der Waals surface area contributed by atoms with Gasteiger partial charge in [-0.15, -0.1) is 0 Å². The molecule has 0 heterocycles. The highest BCUT2D eigenvalue weighted by Gasteiger charge is 2.06. The second-order valence-corrected chi connectivity index (χ2v) is 4.05. The molecular weight excluding hydrogens is 192 g/mol. The van der Waals surface area contributed by atoms with E-state index in [1.54, 1.807) is 0 Å². The molecule has 0 aliphatic heterocycles. The van der Waals surface area contributed by atoms with Gasteiger partial charge in [0.25, 0.3) is 0 Å². The Bertz CT molecular complexity index is 198. The highest BCUT2D eigenvalue weighted by atomic mass is 32.3. The maximum atomic E-state index is 10.6. The SMILES string of the molecule is [CH2]CCCCCCOS(=O)(=O)OC. The van der Waals surface area contributed by atoms with Crippen LogP contribution in [0.5, 0.6) is 0 Å². The molecule has 0 aromatic heterocycles. The van der Waals surface area contributed by atoms with E-state index in [-0.39, 0.29) is 6.61 Å². The van der Waals surface area contributed by atoms with Gasteiger partial charge in [-0.1, -0.05) is 32.6 Å². The van der Waals surface area contributed by atoms with Gasteiger partial charge >= 0.3 is 10.4 Å². The van der Waals surface area contributed by atoms with E-state index in [4.69, 9.17) is 0 Å². The van der Waals surface area contributed by atoms with Crippen molar-refractivity contribution >= 4 is 10.4 Å². The van der Waals surface area contributed by atoms with Gasteiger partial charge in [0.2, 0.25) is 0 Å². The first-order valence-corrected chi connectivity index (χ1v) is 5.70. The standard InChI is InChI=1S/C8H17O4S/c1-3-4-5-6-7-8-12-13(9,10)11-2/h1,3-8H2,2H3. The van der Waals surface area contributed by atoms with Gasteiger partial charge in [-0.25, -0.2) is 4.18 Å². The van der Waals surface area contributed by atoms with Gasteiger partial charge < -0.3 is 0 Å². The number of hydrogen-bond acceptors (Lipinski definition) is 4. The monoisotopic (exact) mass is 209 g/mol. The minimum atomic E-state index is -3.72. The third-order valence-corrected chi connectivity index (χ3v) is 2.44. The number of hydrogen-bond donors (Lipinski definition) is 0. The molecule has 0 unspecified atom stereocenters. The molecule has 0 fully saturated rings. The van der Waals surface area contributed by atoms with Gasteiger partial charge in [-0.2, -0.15) is 8.42 Å². The van der Waals surface area contributed by atoms with E-state index >= 15 is 0 Å². The smallest absolute Gasteiger partial charge is 0.252 e. The summed E-state index contributed by atoms with van der Waals surface area (Å²) >= 11 is 0. The first kappa shape index (κ1) is 12.9. The molecule has 0 rings (SSSR count). The summed E-state index contributed by atoms with van der Waals surface area (Å²) in [5, 5.41) is 0. The Morgan fingerprint density at radius 1 is 1.15 bits per heavy atom. The molecule has 4 nitrogen and oxygen atoms in total. The van der Waals surface area contributed by atoms with Crippen LogP contribution >= 0.6 is 0 Å². The quantitative estimate of drug-likeness (QED) is 0.571. The minimum Gasteiger partial charge on any atom is -0.252 e. The Morgan fingerprint density at radius 3 is 2.31 bits per heavy atom. The molecule has 0 amide bonds. The molecule has 1 radical (unpaired) electrons. The molecule has 0 aliphatic carbocycles. The van der Waals surface area contributed by atoms with Crippen molar-refractivity contribution in [2.45, 2.75) is 32.1 Å². The third kappa shape index (κ3) is 8.21. The molecule has 0 bridgehead atoms. The van der Waals surface area contributed by atoms with E-state index in [0.717, 1.165) is 39.2 Å². The van der Waals surface area contributed by atoms with Crippen LogP contribution in [-0.2, 0) is 18.8 Å². The molecule has 0 N–H and O–H groups in total. The van der Waals surface area contributed by atoms with Crippen molar-refractivity contribution in [3.63, 3.8) is 0 Å². The van der Waals surface area contributed by atoms with Crippen molar-refractivity contribution in [1.82, 2.24) is 0 Å². The molecule has 0 spiro atoms. The predicted molar refractivity (Wildman–Crippen MR) is 50.3 cm³/mol. The Labute approximate surface area is 80.6 Å². The van der Waals surface area contributed by atoms with Crippen molar-refractivity contribution in [3.05, 3.63) is 6.92 Å². The maximum absolute atomic E-state index is 10.6. The number of rotatable bonds is 8. The first-order valence-electron chi connectivity index (χ1n) is 4.36. The van der Waals surface area contributed by atoms with Gasteiger partial charge in [-0.05, 0) is 6.42 Å². The lowest BCUT2D eigenvalue weighted by Crippen LogP contribution is -2.08. The molecule has 0 saturated heterocycles. The maximum Gasteiger partial charge on any atom is 0.399 e. The molecule has 0 aromatic carbocycles. The van der Waals surface area contributed by atoms with Crippen molar-refractivity contribution in [1.29, 1.82) is 0 Å². The van der Waals surface area contributed by atoms with E-state index in [1.807, 2.05) is 0 Å². The Hall–Kier alpha value is -0.130. The topological polar surface area (TPSA) is 52.6 Å². The van der Waals surface area contributed by atoms with E-state index in [0.29, 0.717) is 0 Å². The fraction of sp³-hybridized carbons (Fsp3) is 0.875. The van der Waals surface area contributed by atoms with Gasteiger partial charge in [0, 0.05) is 0 Å². The van der Waals surface area contributed by atoms with Crippen LogP contribution in [0.2, 0.25) is 0 Å². The second-order valence-electron chi connectivity index (χ2n) is 2.66. The van der Waals surface area contributed by atoms with Gasteiger partial charge in [-0.3, -0.25) is 4.18 Å². The average Bonchev–Trinajstić information content (AvgIpc) is 2.11. The fourth-order valence-electron chi connectivity index (χ4n) is 0.841. The summed E-state index contributed by atoms with van der Waals surface area (Å²) in [5.41, 5.74) is 0. The summed E-state index contributed by atoms with van der Waals surface area (Å²) < 4.78 is 29.9. The summed E-state index contributed by atoms with van der Waals surface area (Å²) in [6, 6.07) is 0. The van der Waals surface area contributed by atoms with Crippen LogP contribution < -0.4 is 0 Å². The molecular formula is C8H17O4S. The zero-order valence-corrected chi connectivity index (χ0v) is 8.81. The minimum absolute atomic E-state index is 0.202. The van der Waals surface area contributed by atoms with E-state index in [2.05, 4.69) is 15.3 Å². The molecule has 0 atom stereocenters. The van der Waals surface area contributed by atoms with Crippen molar-refractivity contribution in [3.8, 4) is 0 Å². The fourth-order valence-corrected chi connectivity index (χ4v) is 1.26. The van der Waals surface area contributed by atoms with Crippen molar-refractivity contribution < 1.29 is 16.8 Å². The summed E-state index contributed by atoms with van der Waals surface area (Å²) in [6.07, 6.45) is 4.78. The highest BCUT2D eigenvalue weighted by Crippen LogP contribution is 2.03. The lowest BCUT2D eigenvalue weighted by molar-refractivity contribution is 0.238. The van der Waals surface area contributed by atoms with Crippen LogP contribution in [0.3, 0.4) is 0 Å². The van der Waals surface area contributed by atoms with Crippen LogP contribution in [-0.4, -0.2) is 22.1 Å². The van der Waals surface area contributed by atoms with Gasteiger partial charge in [0.1, 0.15) is 0 Å². The van der Waals surface area contributed by atoms with Crippen LogP contribution in [0, 0.1) is 6.92 Å². The summed E-state index contributed by atoms with van der Waals surface area (Å²) in [6.45, 7) is 3.91. The Kier molecular flexibility index (Phi) is 7.22. The number of unbranched alkanes of at least 4 members (excludes halogenated alkanes) is 4. The lowest BCUT2D eigenvalue weighted by atomic mass is 10.2. The summed E-state index contributed by atoms with van der Waals surface area (Å²) in [5.74, 6) is 0. The molecule has 79 valence electrons. The largest absolute Gasteiger partial charge is 0.399 e. The van der Waals surface area contributed by atoms with E-state index < -0.39 is 10.4 Å². The Morgan fingerprint density at radius 2 is 1.77 bits per heavy atom. The lowest BCUT2D eigenvalue weighted by Gasteiger charge is -2.02. The third-order valence-electron chi connectivity index (χ3n) is 1.58. The van der Waals surface area contributed by atoms with Crippen LogP contribution in [0.15, 0.2) is 0 Å². The predicted octanol–water partition coefficient (Wildman–Crippen LogP) is 1.68. The van der Waals surface area contributed by atoms with Crippen LogP contribution in [0.4, 0.5) is 0 Å². The summed E-state index contributed by atoms with van der Waals surface area (Å²) in [7, 11) is -2.64. The molecule has 0 aromatic rings. The van der Waals surface area contributed by atoms with Crippen molar-refractivity contribution in [2.24, 2.45) is 0 Å². The summed E-state index contributed by atoms with van der Waals surface area (Å²) in [4.78, 5) is 0. The normalized spacial score (nSPS) is 11.8. The van der Waals surface area contributed by atoms with Gasteiger partial charge in [0.15, 0.2) is 0 Å². The van der Waals surface area contributed by atoms with Crippen LogP contribution in [0.25, 0.3) is 0 Å². The Balaban J connectivity index is 3.26. The molecule has 13 heavy (non-hydrogen) atoms. The first-order chi connectivity index (χ1) is 6.12. The van der Waals surface area contributed by atoms with E-state index in [9.17, 15) is 8.42 Å². The molecule has 0 aliphatic rings. The van der Waals surface area contributed by atoms with Gasteiger partial charge in [0.05, 0.1) is 13.7 Å². The second kappa shape index (κ2) is 7.29.